The minimum Gasteiger partial charge on any atom is -0.465 e. The van der Waals surface area contributed by atoms with Crippen LogP contribution in [0.2, 0.25) is 0 Å². The lowest BCUT2D eigenvalue weighted by molar-refractivity contribution is -0.115. The average molecular weight is 520 g/mol. The molecule has 1 saturated heterocycles. The molecule has 0 radical (unpaired) electrons. The van der Waals surface area contributed by atoms with Gasteiger partial charge in [0.15, 0.2) is 5.17 Å². The first-order chi connectivity index (χ1) is 17.3. The molecule has 1 fully saturated rings. The largest absolute Gasteiger partial charge is 0.465 e. The number of nitrogens with one attached hydrogen (secondary N) is 1. The molecule has 1 aromatic carbocycles. The Labute approximate surface area is 219 Å². The van der Waals surface area contributed by atoms with E-state index in [4.69, 9.17) is 4.74 Å². The van der Waals surface area contributed by atoms with Gasteiger partial charge in [-0.05, 0) is 106 Å². The van der Waals surface area contributed by atoms with Crippen molar-refractivity contribution in [3.05, 3.63) is 73.3 Å². The van der Waals surface area contributed by atoms with E-state index in [0.717, 1.165) is 70.0 Å². The molecule has 1 aliphatic heterocycles. The Hall–Kier alpha value is -3.10. The van der Waals surface area contributed by atoms with E-state index < -0.39 is 0 Å². The quantitative estimate of drug-likeness (QED) is 0.323. The number of benzene rings is 1. The Morgan fingerprint density at radius 2 is 1.94 bits per heavy atom. The van der Waals surface area contributed by atoms with Crippen molar-refractivity contribution < 1.29 is 14.3 Å². The van der Waals surface area contributed by atoms with Crippen molar-refractivity contribution in [3.63, 3.8) is 0 Å². The lowest BCUT2D eigenvalue weighted by Crippen LogP contribution is -2.19. The Bertz CT molecular complexity index is 1460. The summed E-state index contributed by atoms with van der Waals surface area (Å²) in [5.41, 5.74) is 7.88. The number of aromatic nitrogens is 1. The molecule has 36 heavy (non-hydrogen) atoms. The van der Waals surface area contributed by atoms with Crippen molar-refractivity contribution in [2.75, 3.05) is 7.11 Å². The number of rotatable bonds is 4. The Balaban J connectivity index is 1.51. The monoisotopic (exact) mass is 519 g/mol. The summed E-state index contributed by atoms with van der Waals surface area (Å²) in [6.07, 6.45) is 6.06. The highest BCUT2D eigenvalue weighted by molar-refractivity contribution is 8.18. The van der Waals surface area contributed by atoms with Crippen LogP contribution in [-0.2, 0) is 22.4 Å². The normalized spacial score (nSPS) is 17.5. The number of carbonyl (C=O) groups is 2. The maximum atomic E-state index is 12.8. The van der Waals surface area contributed by atoms with Gasteiger partial charge in [0.2, 0.25) is 0 Å². The van der Waals surface area contributed by atoms with Crippen LogP contribution in [0.5, 0.6) is 0 Å². The number of methoxy groups -OCH3 is 1. The molecular formula is C28H29N3O3S2. The van der Waals surface area contributed by atoms with Gasteiger partial charge in [-0.3, -0.25) is 4.79 Å². The molecule has 8 heteroatoms. The lowest BCUT2D eigenvalue weighted by Gasteiger charge is -2.12. The van der Waals surface area contributed by atoms with Crippen molar-refractivity contribution in [2.24, 2.45) is 4.99 Å². The number of carbonyl (C=O) groups excluding carboxylic acids is 2. The number of thioether (sulfide) groups is 1. The third-order valence-corrected chi connectivity index (χ3v) is 9.14. The number of hydrogen-bond donors (Lipinski definition) is 1. The SMILES string of the molecule is COC(=O)c1c(-n2c(C)cc(/C=C3\SC(=Nc4cccc(C)c4C)NC3=O)c2C)sc2c1CCCC2. The minimum absolute atomic E-state index is 0.157. The fraction of sp³-hybridized carbons (Fsp3) is 0.321. The first kappa shape index (κ1) is 24.6. The molecule has 1 N–H and O–H groups in total. The summed E-state index contributed by atoms with van der Waals surface area (Å²) in [4.78, 5) is 32.1. The van der Waals surface area contributed by atoms with Gasteiger partial charge < -0.3 is 14.6 Å². The maximum absolute atomic E-state index is 12.8. The second-order valence-corrected chi connectivity index (χ2v) is 11.4. The minimum atomic E-state index is -0.283. The van der Waals surface area contributed by atoms with Gasteiger partial charge in [-0.15, -0.1) is 11.3 Å². The van der Waals surface area contributed by atoms with Gasteiger partial charge in [-0.2, -0.15) is 0 Å². The number of aliphatic imine (C=N–C) groups is 1. The summed E-state index contributed by atoms with van der Waals surface area (Å²) in [5.74, 6) is -0.439. The van der Waals surface area contributed by atoms with Crippen LogP contribution in [-0.4, -0.2) is 28.7 Å². The molecule has 3 heterocycles. The van der Waals surface area contributed by atoms with Crippen molar-refractivity contribution in [1.82, 2.24) is 9.88 Å². The second-order valence-electron chi connectivity index (χ2n) is 9.25. The molecule has 1 amide bonds. The van der Waals surface area contributed by atoms with Crippen molar-refractivity contribution in [1.29, 1.82) is 0 Å². The number of nitrogens with zero attached hydrogens (tertiary/aromatic N) is 2. The van der Waals surface area contributed by atoms with E-state index in [0.29, 0.717) is 15.6 Å². The molecule has 1 aliphatic carbocycles. The van der Waals surface area contributed by atoms with Crippen LogP contribution in [0.15, 0.2) is 34.2 Å². The van der Waals surface area contributed by atoms with Crippen LogP contribution >= 0.6 is 23.1 Å². The third-order valence-electron chi connectivity index (χ3n) is 6.95. The molecule has 3 aromatic rings. The van der Waals surface area contributed by atoms with E-state index >= 15 is 0 Å². The topological polar surface area (TPSA) is 72.7 Å². The average Bonchev–Trinajstić information content (AvgIpc) is 3.49. The fourth-order valence-electron chi connectivity index (χ4n) is 4.86. The predicted molar refractivity (Wildman–Crippen MR) is 148 cm³/mol. The molecule has 2 aliphatic rings. The van der Waals surface area contributed by atoms with Crippen molar-refractivity contribution >= 4 is 51.9 Å². The van der Waals surface area contributed by atoms with Crippen LogP contribution in [0.3, 0.4) is 0 Å². The molecule has 0 saturated carbocycles. The smallest absolute Gasteiger partial charge is 0.341 e. The fourth-order valence-corrected chi connectivity index (χ4v) is 7.17. The third kappa shape index (κ3) is 4.33. The van der Waals surface area contributed by atoms with Crippen LogP contribution in [0, 0.1) is 27.7 Å². The number of esters is 1. The Kier molecular flexibility index (Phi) is 6.66. The van der Waals surface area contributed by atoms with E-state index in [1.807, 2.05) is 39.0 Å². The summed E-state index contributed by atoms with van der Waals surface area (Å²) < 4.78 is 7.31. The molecule has 6 nitrogen and oxygen atoms in total. The van der Waals surface area contributed by atoms with E-state index in [9.17, 15) is 9.59 Å². The highest BCUT2D eigenvalue weighted by atomic mass is 32.2. The zero-order valence-corrected chi connectivity index (χ0v) is 22.8. The number of thiophene rings is 1. The zero-order chi connectivity index (χ0) is 25.6. The molecule has 5 rings (SSSR count). The first-order valence-electron chi connectivity index (χ1n) is 12.1. The summed E-state index contributed by atoms with van der Waals surface area (Å²) in [7, 11) is 1.44. The molecule has 0 spiro atoms. The van der Waals surface area contributed by atoms with Gasteiger partial charge >= 0.3 is 5.97 Å². The van der Waals surface area contributed by atoms with Crippen LogP contribution in [0.25, 0.3) is 11.1 Å². The number of hydrogen-bond acceptors (Lipinski definition) is 6. The second kappa shape index (κ2) is 9.75. The van der Waals surface area contributed by atoms with E-state index in [1.165, 1.54) is 23.7 Å². The number of fused-ring (bicyclic) bond motifs is 1. The summed E-state index contributed by atoms with van der Waals surface area (Å²) in [6.45, 7) is 8.15. The Morgan fingerprint density at radius 3 is 2.72 bits per heavy atom. The lowest BCUT2D eigenvalue weighted by atomic mass is 9.95. The van der Waals surface area contributed by atoms with E-state index in [-0.39, 0.29) is 11.9 Å². The Morgan fingerprint density at radius 1 is 1.17 bits per heavy atom. The van der Waals surface area contributed by atoms with Crippen LogP contribution in [0.4, 0.5) is 5.69 Å². The van der Waals surface area contributed by atoms with Gasteiger partial charge in [-0.25, -0.2) is 9.79 Å². The zero-order valence-electron chi connectivity index (χ0n) is 21.2. The molecule has 0 bridgehead atoms. The number of amides is 1. The van der Waals surface area contributed by atoms with Gasteiger partial charge in [-0.1, -0.05) is 12.1 Å². The van der Waals surface area contributed by atoms with Crippen molar-refractivity contribution in [2.45, 2.75) is 53.4 Å². The standard InChI is InChI=1S/C28H29N3O3S2/c1-15-9-8-11-21(17(15)3)29-28-30-25(32)23(36-28)14-19-13-16(2)31(18(19)4)26-24(27(33)34-5)20-10-6-7-12-22(20)35-26/h8-9,11,13-14H,6-7,10,12H2,1-5H3,(H,29,30,32)/b23-14-. The number of aryl methyl sites for hydroxylation is 3. The number of ether oxygens (including phenoxy) is 1. The van der Waals surface area contributed by atoms with E-state index in [2.05, 4.69) is 33.9 Å². The molecule has 0 atom stereocenters. The molecular weight excluding hydrogens is 490 g/mol. The van der Waals surface area contributed by atoms with Gasteiger partial charge in [0.25, 0.3) is 5.91 Å². The van der Waals surface area contributed by atoms with Gasteiger partial charge in [0, 0.05) is 16.3 Å². The van der Waals surface area contributed by atoms with E-state index in [1.54, 1.807) is 11.3 Å². The number of amidine groups is 1. The summed E-state index contributed by atoms with van der Waals surface area (Å²) in [5, 5.41) is 4.38. The summed E-state index contributed by atoms with van der Waals surface area (Å²) in [6, 6.07) is 8.04. The van der Waals surface area contributed by atoms with Crippen LogP contribution < -0.4 is 5.32 Å². The molecule has 0 unspecified atom stereocenters. The molecule has 186 valence electrons. The maximum Gasteiger partial charge on any atom is 0.341 e. The molecule has 2 aromatic heterocycles. The van der Waals surface area contributed by atoms with Gasteiger partial charge in [0.05, 0.1) is 23.3 Å². The highest BCUT2D eigenvalue weighted by Crippen LogP contribution is 2.40. The first-order valence-corrected chi connectivity index (χ1v) is 13.7. The van der Waals surface area contributed by atoms with Gasteiger partial charge in [0.1, 0.15) is 5.00 Å². The predicted octanol–water partition coefficient (Wildman–Crippen LogP) is 6.33. The van der Waals surface area contributed by atoms with Crippen LogP contribution in [0.1, 0.15) is 61.7 Å². The van der Waals surface area contributed by atoms with Crippen molar-refractivity contribution in [3.8, 4) is 5.00 Å². The highest BCUT2D eigenvalue weighted by Gasteiger charge is 2.29. The summed E-state index contributed by atoms with van der Waals surface area (Å²) >= 11 is 3.03.